The minimum absolute atomic E-state index is 0.0297. The Balaban J connectivity index is 1.86. The molecular formula is C18H30N2O4S. The largest absolute Gasteiger partial charge is 0.468 e. The molecule has 0 unspecified atom stereocenters. The molecule has 0 aromatic carbocycles. The number of hydrogen-bond donors (Lipinski definition) is 1. The van der Waals surface area contributed by atoms with E-state index >= 15 is 0 Å². The topological polar surface area (TPSA) is 79.6 Å². The van der Waals surface area contributed by atoms with Crippen LogP contribution in [0.5, 0.6) is 0 Å². The normalized spacial score (nSPS) is 17.1. The number of amides is 1. The minimum atomic E-state index is -3.15. The number of hydrogen-bond acceptors (Lipinski definition) is 5. The van der Waals surface area contributed by atoms with E-state index in [1.807, 2.05) is 12.1 Å². The summed E-state index contributed by atoms with van der Waals surface area (Å²) < 4.78 is 30.0. The molecule has 0 bridgehead atoms. The molecule has 1 heterocycles. The summed E-state index contributed by atoms with van der Waals surface area (Å²) in [5.74, 6) is 0.535. The summed E-state index contributed by atoms with van der Waals surface area (Å²) in [6.45, 7) is 6.23. The Kier molecular flexibility index (Phi) is 7.50. The third-order valence-electron chi connectivity index (χ3n) is 5.04. The van der Waals surface area contributed by atoms with Gasteiger partial charge in [-0.2, -0.15) is 0 Å². The summed E-state index contributed by atoms with van der Waals surface area (Å²) >= 11 is 0. The van der Waals surface area contributed by atoms with Crippen LogP contribution in [-0.4, -0.2) is 49.9 Å². The summed E-state index contributed by atoms with van der Waals surface area (Å²) in [5.41, 5.74) is 0. The van der Waals surface area contributed by atoms with E-state index < -0.39 is 9.84 Å². The molecule has 25 heavy (non-hydrogen) atoms. The standard InChI is InChI=1S/C18H30N2O4S/c1-3-20(4-2)16(17-10-7-12-24-17)14-19-18(21)11-13-25(22,23)15-8-5-6-9-15/h7,10,12,15-16H,3-6,8-9,11,13-14H2,1-2H3,(H,19,21)/t16-/m0/s1. The van der Waals surface area contributed by atoms with Crippen molar-refractivity contribution in [1.82, 2.24) is 10.2 Å². The number of nitrogens with zero attached hydrogens (tertiary/aromatic N) is 1. The second-order valence-electron chi connectivity index (χ2n) is 6.58. The Labute approximate surface area is 150 Å². The Morgan fingerprint density at radius 3 is 2.56 bits per heavy atom. The van der Waals surface area contributed by atoms with Gasteiger partial charge in [0, 0.05) is 13.0 Å². The van der Waals surface area contributed by atoms with E-state index in [0.717, 1.165) is 44.5 Å². The molecule has 1 aromatic heterocycles. The molecule has 7 heteroatoms. The van der Waals surface area contributed by atoms with E-state index in [9.17, 15) is 13.2 Å². The highest BCUT2D eigenvalue weighted by molar-refractivity contribution is 7.92. The predicted molar refractivity (Wildman–Crippen MR) is 98.0 cm³/mol. The zero-order chi connectivity index (χ0) is 18.3. The van der Waals surface area contributed by atoms with E-state index in [0.29, 0.717) is 6.54 Å². The van der Waals surface area contributed by atoms with Gasteiger partial charge >= 0.3 is 0 Å². The van der Waals surface area contributed by atoms with E-state index in [4.69, 9.17) is 4.42 Å². The number of carbonyl (C=O) groups is 1. The highest BCUT2D eigenvalue weighted by Crippen LogP contribution is 2.25. The first-order valence-electron chi connectivity index (χ1n) is 9.23. The summed E-state index contributed by atoms with van der Waals surface area (Å²) in [6.07, 6.45) is 5.10. The van der Waals surface area contributed by atoms with Gasteiger partial charge in [-0.05, 0) is 38.1 Å². The number of rotatable bonds is 10. The molecule has 0 aliphatic heterocycles. The molecule has 1 fully saturated rings. The van der Waals surface area contributed by atoms with Crippen molar-refractivity contribution in [3.63, 3.8) is 0 Å². The van der Waals surface area contributed by atoms with Crippen molar-refractivity contribution >= 4 is 15.7 Å². The van der Waals surface area contributed by atoms with Gasteiger partial charge in [0.25, 0.3) is 0 Å². The average Bonchev–Trinajstić information content (AvgIpc) is 3.30. The van der Waals surface area contributed by atoms with Gasteiger partial charge in [0.05, 0.1) is 23.3 Å². The average molecular weight is 371 g/mol. The number of carbonyl (C=O) groups excluding carboxylic acids is 1. The molecule has 6 nitrogen and oxygen atoms in total. The Morgan fingerprint density at radius 2 is 2.00 bits per heavy atom. The maximum absolute atomic E-state index is 12.3. The van der Waals surface area contributed by atoms with Crippen LogP contribution in [0.25, 0.3) is 0 Å². The van der Waals surface area contributed by atoms with Crippen molar-refractivity contribution in [1.29, 1.82) is 0 Å². The van der Waals surface area contributed by atoms with E-state index in [1.54, 1.807) is 6.26 Å². The third-order valence-corrected chi connectivity index (χ3v) is 7.30. The van der Waals surface area contributed by atoms with Crippen molar-refractivity contribution < 1.29 is 17.6 Å². The predicted octanol–water partition coefficient (Wildman–Crippen LogP) is 2.53. The molecule has 1 saturated carbocycles. The van der Waals surface area contributed by atoms with Crippen LogP contribution in [0, 0.1) is 0 Å². The molecule has 1 aliphatic carbocycles. The second-order valence-corrected chi connectivity index (χ2v) is 8.98. The zero-order valence-electron chi connectivity index (χ0n) is 15.2. The lowest BCUT2D eigenvalue weighted by Gasteiger charge is -2.28. The van der Waals surface area contributed by atoms with Crippen molar-refractivity contribution in [3.8, 4) is 0 Å². The van der Waals surface area contributed by atoms with Gasteiger partial charge in [-0.3, -0.25) is 9.69 Å². The number of likely N-dealkylation sites (N-methyl/N-ethyl adjacent to an activating group) is 1. The summed E-state index contributed by atoms with van der Waals surface area (Å²) in [4.78, 5) is 14.4. The van der Waals surface area contributed by atoms with Gasteiger partial charge in [-0.25, -0.2) is 8.42 Å². The maximum atomic E-state index is 12.3. The molecule has 0 saturated heterocycles. The molecule has 1 amide bonds. The smallest absolute Gasteiger partial charge is 0.221 e. The fourth-order valence-electron chi connectivity index (χ4n) is 3.50. The lowest BCUT2D eigenvalue weighted by molar-refractivity contribution is -0.121. The van der Waals surface area contributed by atoms with Gasteiger partial charge in [0.1, 0.15) is 5.76 Å². The maximum Gasteiger partial charge on any atom is 0.221 e. The number of nitrogens with one attached hydrogen (secondary N) is 1. The molecular weight excluding hydrogens is 340 g/mol. The summed E-state index contributed by atoms with van der Waals surface area (Å²) in [6, 6.07) is 3.70. The summed E-state index contributed by atoms with van der Waals surface area (Å²) in [5, 5.41) is 2.63. The van der Waals surface area contributed by atoms with Crippen molar-refractivity contribution in [3.05, 3.63) is 24.2 Å². The third kappa shape index (κ3) is 5.57. The fraction of sp³-hybridized carbons (Fsp3) is 0.722. The van der Waals surface area contributed by atoms with Crippen LogP contribution < -0.4 is 5.32 Å². The molecule has 2 rings (SSSR count). The first-order valence-corrected chi connectivity index (χ1v) is 10.9. The molecule has 1 aromatic rings. The molecule has 142 valence electrons. The van der Waals surface area contributed by atoms with Crippen molar-refractivity contribution in [2.45, 2.75) is 57.2 Å². The minimum Gasteiger partial charge on any atom is -0.468 e. The molecule has 1 N–H and O–H groups in total. The summed E-state index contributed by atoms with van der Waals surface area (Å²) in [7, 11) is -3.15. The van der Waals surface area contributed by atoms with Gasteiger partial charge in [-0.1, -0.05) is 26.7 Å². The molecule has 0 radical (unpaired) electrons. The lowest BCUT2D eigenvalue weighted by atomic mass is 10.2. The molecule has 1 atom stereocenters. The second kappa shape index (κ2) is 9.38. The Bertz CT molecular complexity index is 618. The van der Waals surface area contributed by atoms with Crippen LogP contribution in [0.3, 0.4) is 0 Å². The monoisotopic (exact) mass is 370 g/mol. The van der Waals surface area contributed by atoms with Crippen molar-refractivity contribution in [2.75, 3.05) is 25.4 Å². The highest BCUT2D eigenvalue weighted by atomic mass is 32.2. The van der Waals surface area contributed by atoms with E-state index in [1.165, 1.54) is 0 Å². The lowest BCUT2D eigenvalue weighted by Crippen LogP contribution is -2.38. The van der Waals surface area contributed by atoms with Crippen LogP contribution in [0.2, 0.25) is 0 Å². The van der Waals surface area contributed by atoms with Gasteiger partial charge in [0.2, 0.25) is 5.91 Å². The fourth-order valence-corrected chi connectivity index (χ4v) is 5.36. The van der Waals surface area contributed by atoms with Gasteiger partial charge in [0.15, 0.2) is 9.84 Å². The van der Waals surface area contributed by atoms with Crippen LogP contribution in [0.15, 0.2) is 22.8 Å². The van der Waals surface area contributed by atoms with Crippen LogP contribution >= 0.6 is 0 Å². The van der Waals surface area contributed by atoms with E-state index in [-0.39, 0.29) is 29.4 Å². The molecule has 0 spiro atoms. The Morgan fingerprint density at radius 1 is 1.32 bits per heavy atom. The molecule has 1 aliphatic rings. The SMILES string of the molecule is CCN(CC)[C@@H](CNC(=O)CCS(=O)(=O)C1CCCC1)c1ccco1. The van der Waals surface area contributed by atoms with E-state index in [2.05, 4.69) is 24.1 Å². The van der Waals surface area contributed by atoms with Crippen LogP contribution in [-0.2, 0) is 14.6 Å². The quantitative estimate of drug-likeness (QED) is 0.685. The Hall–Kier alpha value is -1.34. The number of sulfone groups is 1. The first kappa shape index (κ1) is 20.0. The van der Waals surface area contributed by atoms with Crippen LogP contribution in [0.4, 0.5) is 0 Å². The van der Waals surface area contributed by atoms with Gasteiger partial charge in [-0.15, -0.1) is 0 Å². The van der Waals surface area contributed by atoms with Gasteiger partial charge < -0.3 is 9.73 Å². The highest BCUT2D eigenvalue weighted by Gasteiger charge is 2.29. The number of furan rings is 1. The zero-order valence-corrected chi connectivity index (χ0v) is 16.1. The van der Waals surface area contributed by atoms with Crippen molar-refractivity contribution in [2.24, 2.45) is 0 Å². The van der Waals surface area contributed by atoms with Crippen LogP contribution in [0.1, 0.15) is 57.8 Å². The first-order chi connectivity index (χ1) is 12.0.